The van der Waals surface area contributed by atoms with Crippen LogP contribution in [0.5, 0.6) is 0 Å². The number of fused-ring (bicyclic) bond motifs is 1. The standard InChI is InChI=1S/C14H17NO2S/c1-5-15-11-7-6-10(9(2)16)8-12(11)18-14(3,4)13(15)17/h6-8H,5H2,1-4H3. The Morgan fingerprint density at radius 2 is 2.06 bits per heavy atom. The summed E-state index contributed by atoms with van der Waals surface area (Å²) in [5.74, 6) is 0.175. The second-order valence-corrected chi connectivity index (χ2v) is 6.57. The van der Waals surface area contributed by atoms with Crippen molar-refractivity contribution in [3.63, 3.8) is 0 Å². The summed E-state index contributed by atoms with van der Waals surface area (Å²) in [6.07, 6.45) is 0. The second-order valence-electron chi connectivity index (χ2n) is 4.90. The Bertz CT molecular complexity index is 523. The van der Waals surface area contributed by atoms with Gasteiger partial charge >= 0.3 is 0 Å². The minimum atomic E-state index is -0.474. The van der Waals surface area contributed by atoms with E-state index >= 15 is 0 Å². The predicted molar refractivity (Wildman–Crippen MR) is 74.4 cm³/mol. The molecule has 0 aromatic heterocycles. The third-order valence-corrected chi connectivity index (χ3v) is 4.33. The average Bonchev–Trinajstić information content (AvgIpc) is 2.29. The molecule has 0 saturated heterocycles. The summed E-state index contributed by atoms with van der Waals surface area (Å²) in [7, 11) is 0. The largest absolute Gasteiger partial charge is 0.310 e. The molecule has 0 aliphatic carbocycles. The average molecular weight is 263 g/mol. The fraction of sp³-hybridized carbons (Fsp3) is 0.429. The van der Waals surface area contributed by atoms with Crippen LogP contribution in [0.2, 0.25) is 0 Å². The first kappa shape index (κ1) is 13.1. The van der Waals surface area contributed by atoms with Gasteiger partial charge in [-0.15, -0.1) is 11.8 Å². The molecule has 1 aromatic carbocycles. The van der Waals surface area contributed by atoms with Crippen molar-refractivity contribution in [2.75, 3.05) is 11.4 Å². The Hall–Kier alpha value is -1.29. The van der Waals surface area contributed by atoms with Crippen LogP contribution in [0.1, 0.15) is 38.1 Å². The Morgan fingerprint density at radius 3 is 2.61 bits per heavy atom. The van der Waals surface area contributed by atoms with E-state index in [4.69, 9.17) is 0 Å². The first-order valence-corrected chi connectivity index (χ1v) is 6.84. The zero-order chi connectivity index (χ0) is 13.5. The lowest BCUT2D eigenvalue weighted by atomic mass is 10.1. The van der Waals surface area contributed by atoms with Crippen molar-refractivity contribution in [2.24, 2.45) is 0 Å². The lowest BCUT2D eigenvalue weighted by Crippen LogP contribution is -2.46. The molecule has 0 atom stereocenters. The van der Waals surface area contributed by atoms with Gasteiger partial charge in [0.1, 0.15) is 0 Å². The summed E-state index contributed by atoms with van der Waals surface area (Å²) in [4.78, 5) is 26.5. The smallest absolute Gasteiger partial charge is 0.243 e. The highest BCUT2D eigenvalue weighted by Gasteiger charge is 2.39. The number of ketones is 1. The van der Waals surface area contributed by atoms with Crippen molar-refractivity contribution >= 4 is 29.1 Å². The van der Waals surface area contributed by atoms with Gasteiger partial charge in [0.2, 0.25) is 5.91 Å². The van der Waals surface area contributed by atoms with Crippen LogP contribution >= 0.6 is 11.8 Å². The highest BCUT2D eigenvalue weighted by Crippen LogP contribution is 2.45. The third-order valence-electron chi connectivity index (χ3n) is 3.10. The number of hydrogen-bond acceptors (Lipinski definition) is 3. The van der Waals surface area contributed by atoms with Crippen molar-refractivity contribution in [3.05, 3.63) is 23.8 Å². The Labute approximate surface area is 112 Å². The van der Waals surface area contributed by atoms with Gasteiger partial charge < -0.3 is 4.90 Å². The van der Waals surface area contributed by atoms with E-state index in [9.17, 15) is 9.59 Å². The number of nitrogens with zero attached hydrogens (tertiary/aromatic N) is 1. The number of anilines is 1. The van der Waals surface area contributed by atoms with E-state index in [1.165, 1.54) is 11.8 Å². The van der Waals surface area contributed by atoms with E-state index < -0.39 is 4.75 Å². The van der Waals surface area contributed by atoms with Gasteiger partial charge in [-0.05, 0) is 45.9 Å². The Kier molecular flexibility index (Phi) is 3.23. The number of thioether (sulfide) groups is 1. The van der Waals surface area contributed by atoms with Gasteiger partial charge in [-0.1, -0.05) is 0 Å². The predicted octanol–water partition coefficient (Wildman–Crippen LogP) is 3.13. The van der Waals surface area contributed by atoms with Crippen molar-refractivity contribution in [1.29, 1.82) is 0 Å². The lowest BCUT2D eigenvalue weighted by Gasteiger charge is -2.37. The van der Waals surface area contributed by atoms with E-state index in [0.717, 1.165) is 10.6 Å². The monoisotopic (exact) mass is 263 g/mol. The van der Waals surface area contributed by atoms with Crippen LogP contribution in [0.25, 0.3) is 0 Å². The minimum Gasteiger partial charge on any atom is -0.310 e. The van der Waals surface area contributed by atoms with E-state index in [-0.39, 0.29) is 11.7 Å². The molecule has 1 aliphatic heterocycles. The first-order valence-electron chi connectivity index (χ1n) is 6.03. The third kappa shape index (κ3) is 2.05. The SMILES string of the molecule is CCN1C(=O)C(C)(C)Sc2cc(C(C)=O)ccc21. The van der Waals surface area contributed by atoms with Crippen molar-refractivity contribution in [3.8, 4) is 0 Å². The quantitative estimate of drug-likeness (QED) is 0.769. The summed E-state index contributed by atoms with van der Waals surface area (Å²) in [6, 6.07) is 5.55. The van der Waals surface area contributed by atoms with Gasteiger partial charge in [-0.25, -0.2) is 0 Å². The molecule has 0 bridgehead atoms. The number of benzene rings is 1. The molecule has 4 heteroatoms. The fourth-order valence-corrected chi connectivity index (χ4v) is 3.32. The first-order chi connectivity index (χ1) is 8.36. The molecule has 0 N–H and O–H groups in total. The number of Topliss-reactive ketones (excluding diaryl/α,β-unsaturated/α-hetero) is 1. The molecular formula is C14H17NO2S. The van der Waals surface area contributed by atoms with Gasteiger partial charge in [0.05, 0.1) is 10.4 Å². The van der Waals surface area contributed by atoms with Crippen LogP contribution in [0.3, 0.4) is 0 Å². The molecule has 0 radical (unpaired) electrons. The van der Waals surface area contributed by atoms with Gasteiger partial charge in [0, 0.05) is 17.0 Å². The van der Waals surface area contributed by atoms with Crippen molar-refractivity contribution < 1.29 is 9.59 Å². The summed E-state index contributed by atoms with van der Waals surface area (Å²) in [5.41, 5.74) is 1.61. The highest BCUT2D eigenvalue weighted by molar-refractivity contribution is 8.01. The molecule has 1 amide bonds. The zero-order valence-electron chi connectivity index (χ0n) is 11.1. The summed E-state index contributed by atoms with van der Waals surface area (Å²) in [5, 5.41) is 0. The van der Waals surface area contributed by atoms with Crippen LogP contribution < -0.4 is 4.90 Å². The second kappa shape index (κ2) is 4.43. The molecular weight excluding hydrogens is 246 g/mol. The topological polar surface area (TPSA) is 37.4 Å². The van der Waals surface area contributed by atoms with Crippen LogP contribution in [0.15, 0.2) is 23.1 Å². The molecule has 1 aromatic rings. The van der Waals surface area contributed by atoms with Crippen LogP contribution in [0, 0.1) is 0 Å². The maximum atomic E-state index is 12.3. The van der Waals surface area contributed by atoms with Crippen LogP contribution in [-0.2, 0) is 4.79 Å². The summed E-state index contributed by atoms with van der Waals surface area (Å²) in [6.45, 7) is 8.02. The van der Waals surface area contributed by atoms with E-state index in [0.29, 0.717) is 12.1 Å². The summed E-state index contributed by atoms with van der Waals surface area (Å²) >= 11 is 1.53. The molecule has 3 nitrogen and oxygen atoms in total. The molecule has 1 aliphatic rings. The Balaban J connectivity index is 2.55. The van der Waals surface area contributed by atoms with Gasteiger partial charge in [-0.2, -0.15) is 0 Å². The highest BCUT2D eigenvalue weighted by atomic mass is 32.2. The molecule has 0 spiro atoms. The maximum Gasteiger partial charge on any atom is 0.243 e. The van der Waals surface area contributed by atoms with Gasteiger partial charge in [0.25, 0.3) is 0 Å². The van der Waals surface area contributed by atoms with Crippen molar-refractivity contribution in [1.82, 2.24) is 0 Å². The minimum absolute atomic E-state index is 0.0520. The number of carbonyl (C=O) groups excluding carboxylic acids is 2. The summed E-state index contributed by atoms with van der Waals surface area (Å²) < 4.78 is -0.474. The number of amides is 1. The molecule has 0 saturated carbocycles. The number of rotatable bonds is 2. The van der Waals surface area contributed by atoms with E-state index in [1.54, 1.807) is 17.9 Å². The zero-order valence-corrected chi connectivity index (χ0v) is 11.9. The molecule has 2 rings (SSSR count). The molecule has 0 unspecified atom stereocenters. The van der Waals surface area contributed by atoms with Crippen molar-refractivity contribution in [2.45, 2.75) is 37.3 Å². The van der Waals surface area contributed by atoms with E-state index in [2.05, 4.69) is 0 Å². The molecule has 18 heavy (non-hydrogen) atoms. The normalized spacial score (nSPS) is 17.6. The Morgan fingerprint density at radius 1 is 1.39 bits per heavy atom. The maximum absolute atomic E-state index is 12.3. The fourth-order valence-electron chi connectivity index (χ4n) is 2.10. The van der Waals surface area contributed by atoms with Gasteiger partial charge in [0.15, 0.2) is 5.78 Å². The molecule has 96 valence electrons. The molecule has 0 fully saturated rings. The van der Waals surface area contributed by atoms with Crippen LogP contribution in [-0.4, -0.2) is 23.0 Å². The number of hydrogen-bond donors (Lipinski definition) is 0. The number of carbonyl (C=O) groups is 2. The lowest BCUT2D eigenvalue weighted by molar-refractivity contribution is -0.120. The van der Waals surface area contributed by atoms with E-state index in [1.807, 2.05) is 32.9 Å². The van der Waals surface area contributed by atoms with Crippen LogP contribution in [0.4, 0.5) is 5.69 Å². The molecule has 1 heterocycles. The van der Waals surface area contributed by atoms with Gasteiger partial charge in [-0.3, -0.25) is 9.59 Å².